The quantitative estimate of drug-likeness (QED) is 0.336. The molecule has 92 valence electrons. The second kappa shape index (κ2) is 5.44. The third-order valence-electron chi connectivity index (χ3n) is 2.52. The zero-order chi connectivity index (χ0) is 12.1. The molecule has 0 spiro atoms. The second-order valence-electron chi connectivity index (χ2n) is 3.66. The van der Waals surface area contributed by atoms with Crippen molar-refractivity contribution in [1.29, 1.82) is 0 Å². The molecule has 1 aliphatic rings. The highest BCUT2D eigenvalue weighted by Crippen LogP contribution is 2.18. The van der Waals surface area contributed by atoms with Gasteiger partial charge in [0.25, 0.3) is 0 Å². The minimum Gasteiger partial charge on any atom is -0.473 e. The molecule has 0 unspecified atom stereocenters. The molecule has 7 heteroatoms. The average molecular weight is 238 g/mol. The standard InChI is InChI=1S/C10H14N4O3/c11-9(14-15)8-1-4-12-13-10(8)17-7-2-5-16-6-3-7/h1,4,7,15H,2-3,5-6H2,(H2,11,14). The summed E-state index contributed by atoms with van der Waals surface area (Å²) >= 11 is 0. The summed E-state index contributed by atoms with van der Waals surface area (Å²) in [6.07, 6.45) is 3.09. The number of amidine groups is 1. The molecular weight excluding hydrogens is 224 g/mol. The van der Waals surface area contributed by atoms with Crippen molar-refractivity contribution in [3.8, 4) is 5.88 Å². The highest BCUT2D eigenvalue weighted by molar-refractivity contribution is 5.98. The van der Waals surface area contributed by atoms with Gasteiger partial charge in [-0.25, -0.2) is 0 Å². The second-order valence-corrected chi connectivity index (χ2v) is 3.66. The normalized spacial score (nSPS) is 18.0. The third-order valence-corrected chi connectivity index (χ3v) is 2.52. The lowest BCUT2D eigenvalue weighted by atomic mass is 10.1. The highest BCUT2D eigenvalue weighted by atomic mass is 16.5. The lowest BCUT2D eigenvalue weighted by Crippen LogP contribution is -2.27. The van der Waals surface area contributed by atoms with Gasteiger partial charge < -0.3 is 20.4 Å². The number of hydrogen-bond acceptors (Lipinski definition) is 6. The molecule has 0 saturated carbocycles. The van der Waals surface area contributed by atoms with E-state index >= 15 is 0 Å². The van der Waals surface area contributed by atoms with Gasteiger partial charge in [0.2, 0.25) is 5.88 Å². The first-order valence-corrected chi connectivity index (χ1v) is 5.35. The maximum absolute atomic E-state index is 8.66. The molecule has 7 nitrogen and oxygen atoms in total. The summed E-state index contributed by atoms with van der Waals surface area (Å²) in [4.78, 5) is 0. The van der Waals surface area contributed by atoms with Gasteiger partial charge in [-0.3, -0.25) is 0 Å². The van der Waals surface area contributed by atoms with E-state index in [1.165, 1.54) is 6.20 Å². The van der Waals surface area contributed by atoms with E-state index in [-0.39, 0.29) is 17.8 Å². The highest BCUT2D eigenvalue weighted by Gasteiger charge is 2.19. The van der Waals surface area contributed by atoms with Crippen molar-refractivity contribution < 1.29 is 14.7 Å². The number of aromatic nitrogens is 2. The first-order valence-electron chi connectivity index (χ1n) is 5.35. The first-order chi connectivity index (χ1) is 8.31. The van der Waals surface area contributed by atoms with Gasteiger partial charge in [-0.1, -0.05) is 5.16 Å². The zero-order valence-corrected chi connectivity index (χ0v) is 9.24. The van der Waals surface area contributed by atoms with E-state index < -0.39 is 0 Å². The number of nitrogens with zero attached hydrogens (tertiary/aromatic N) is 3. The molecule has 2 heterocycles. The Morgan fingerprint density at radius 3 is 3.00 bits per heavy atom. The zero-order valence-electron chi connectivity index (χ0n) is 9.24. The Morgan fingerprint density at radius 1 is 1.53 bits per heavy atom. The van der Waals surface area contributed by atoms with Crippen LogP contribution in [0.1, 0.15) is 18.4 Å². The van der Waals surface area contributed by atoms with Crippen molar-refractivity contribution in [3.63, 3.8) is 0 Å². The number of rotatable bonds is 3. The Kier molecular flexibility index (Phi) is 3.71. The van der Waals surface area contributed by atoms with Gasteiger partial charge in [-0.2, -0.15) is 5.10 Å². The molecule has 17 heavy (non-hydrogen) atoms. The summed E-state index contributed by atoms with van der Waals surface area (Å²) in [5, 5.41) is 19.2. The van der Waals surface area contributed by atoms with Crippen LogP contribution < -0.4 is 10.5 Å². The van der Waals surface area contributed by atoms with Crippen LogP contribution in [0, 0.1) is 0 Å². The van der Waals surface area contributed by atoms with Crippen molar-refractivity contribution in [2.75, 3.05) is 13.2 Å². The Labute approximate surface area is 98.2 Å². The van der Waals surface area contributed by atoms with E-state index in [1.54, 1.807) is 6.07 Å². The fraction of sp³-hybridized carbons (Fsp3) is 0.500. The van der Waals surface area contributed by atoms with Crippen LogP contribution in [0.15, 0.2) is 17.4 Å². The lowest BCUT2D eigenvalue weighted by Gasteiger charge is -2.23. The van der Waals surface area contributed by atoms with Gasteiger partial charge in [-0.15, -0.1) is 5.10 Å². The van der Waals surface area contributed by atoms with Crippen LogP contribution in [-0.2, 0) is 4.74 Å². The Balaban J connectivity index is 2.14. The molecular formula is C10H14N4O3. The molecule has 0 atom stereocenters. The predicted molar refractivity (Wildman–Crippen MR) is 59.0 cm³/mol. The van der Waals surface area contributed by atoms with Crippen LogP contribution in [-0.4, -0.2) is 40.6 Å². The summed E-state index contributed by atoms with van der Waals surface area (Å²) in [5.41, 5.74) is 5.97. The summed E-state index contributed by atoms with van der Waals surface area (Å²) in [6, 6.07) is 1.59. The third kappa shape index (κ3) is 2.82. The fourth-order valence-corrected chi connectivity index (χ4v) is 1.61. The fourth-order valence-electron chi connectivity index (χ4n) is 1.61. The molecule has 0 bridgehead atoms. The van der Waals surface area contributed by atoms with Gasteiger partial charge >= 0.3 is 0 Å². The van der Waals surface area contributed by atoms with Gasteiger partial charge in [0, 0.05) is 12.8 Å². The number of oxime groups is 1. The number of ether oxygens (including phenoxy) is 2. The molecule has 0 amide bonds. The van der Waals surface area contributed by atoms with E-state index in [0.29, 0.717) is 18.8 Å². The van der Waals surface area contributed by atoms with Crippen molar-refractivity contribution >= 4 is 5.84 Å². The van der Waals surface area contributed by atoms with Crippen LogP contribution in [0.25, 0.3) is 0 Å². The molecule has 0 aliphatic carbocycles. The molecule has 1 fully saturated rings. The monoisotopic (exact) mass is 238 g/mol. The maximum Gasteiger partial charge on any atom is 0.244 e. The van der Waals surface area contributed by atoms with Crippen LogP contribution in [0.2, 0.25) is 0 Å². The molecule has 2 rings (SSSR count). The van der Waals surface area contributed by atoms with E-state index in [9.17, 15) is 0 Å². The Hall–Kier alpha value is -1.89. The van der Waals surface area contributed by atoms with Crippen molar-refractivity contribution in [2.45, 2.75) is 18.9 Å². The SMILES string of the molecule is N/C(=N/O)c1ccnnc1OC1CCOCC1. The van der Waals surface area contributed by atoms with Crippen molar-refractivity contribution in [1.82, 2.24) is 10.2 Å². The van der Waals surface area contributed by atoms with Crippen molar-refractivity contribution in [3.05, 3.63) is 17.8 Å². The number of hydrogen-bond donors (Lipinski definition) is 2. The summed E-state index contributed by atoms with van der Waals surface area (Å²) in [5.74, 6) is 0.247. The summed E-state index contributed by atoms with van der Waals surface area (Å²) in [7, 11) is 0. The van der Waals surface area contributed by atoms with Crippen LogP contribution in [0.3, 0.4) is 0 Å². The maximum atomic E-state index is 8.66. The van der Waals surface area contributed by atoms with Gasteiger partial charge in [0.1, 0.15) is 6.10 Å². The van der Waals surface area contributed by atoms with E-state index in [2.05, 4.69) is 15.4 Å². The Morgan fingerprint density at radius 2 is 2.29 bits per heavy atom. The minimum absolute atomic E-state index is 0.0330. The van der Waals surface area contributed by atoms with E-state index in [1.807, 2.05) is 0 Å². The topological polar surface area (TPSA) is 103 Å². The number of nitrogens with two attached hydrogens (primary N) is 1. The van der Waals surface area contributed by atoms with Crippen molar-refractivity contribution in [2.24, 2.45) is 10.9 Å². The molecule has 1 aromatic rings. The van der Waals surface area contributed by atoms with E-state index in [0.717, 1.165) is 12.8 Å². The molecule has 1 aliphatic heterocycles. The van der Waals surface area contributed by atoms with E-state index in [4.69, 9.17) is 20.4 Å². The average Bonchev–Trinajstić information content (AvgIpc) is 2.40. The molecule has 3 N–H and O–H groups in total. The molecule has 1 aromatic heterocycles. The largest absolute Gasteiger partial charge is 0.473 e. The van der Waals surface area contributed by atoms with Crippen LogP contribution >= 0.6 is 0 Å². The Bertz CT molecular complexity index is 404. The van der Waals surface area contributed by atoms with Crippen LogP contribution in [0.4, 0.5) is 0 Å². The molecule has 0 aromatic carbocycles. The summed E-state index contributed by atoms with van der Waals surface area (Å²) in [6.45, 7) is 1.34. The molecule has 0 radical (unpaired) electrons. The van der Waals surface area contributed by atoms with Gasteiger partial charge in [0.05, 0.1) is 25.0 Å². The van der Waals surface area contributed by atoms with Gasteiger partial charge in [-0.05, 0) is 6.07 Å². The predicted octanol–water partition coefficient (Wildman–Crippen LogP) is 0.129. The van der Waals surface area contributed by atoms with Gasteiger partial charge in [0.15, 0.2) is 5.84 Å². The van der Waals surface area contributed by atoms with Crippen LogP contribution in [0.5, 0.6) is 5.88 Å². The first kappa shape index (κ1) is 11.6. The lowest BCUT2D eigenvalue weighted by molar-refractivity contribution is 0.0232. The molecule has 1 saturated heterocycles. The minimum atomic E-state index is -0.0399. The smallest absolute Gasteiger partial charge is 0.244 e. The summed E-state index contributed by atoms with van der Waals surface area (Å²) < 4.78 is 10.9.